The van der Waals surface area contributed by atoms with Gasteiger partial charge in [0.05, 0.1) is 16.4 Å². The fourth-order valence-electron chi connectivity index (χ4n) is 10.2. The van der Waals surface area contributed by atoms with Crippen LogP contribution in [0, 0.1) is 0 Å². The van der Waals surface area contributed by atoms with Crippen molar-refractivity contribution in [3.05, 3.63) is 241 Å². The topological polar surface area (TPSA) is 52.8 Å². The van der Waals surface area contributed by atoms with Crippen LogP contribution < -0.4 is 4.74 Å². The molecular weight excluding hydrogens is 769 g/mol. The monoisotopic (exact) mass is 804 g/mol. The van der Waals surface area contributed by atoms with Gasteiger partial charge in [0.1, 0.15) is 5.75 Å². The van der Waals surface area contributed by atoms with Crippen molar-refractivity contribution in [2.45, 2.75) is 5.41 Å². The van der Waals surface area contributed by atoms with E-state index in [9.17, 15) is 0 Å². The summed E-state index contributed by atoms with van der Waals surface area (Å²) in [6.07, 6.45) is 0. The third-order valence-electron chi connectivity index (χ3n) is 12.9. The van der Waals surface area contributed by atoms with Gasteiger partial charge < -0.3 is 9.30 Å². The fourth-order valence-corrected chi connectivity index (χ4v) is 10.2. The summed E-state index contributed by atoms with van der Waals surface area (Å²) < 4.78 is 9.59. The summed E-state index contributed by atoms with van der Waals surface area (Å²) in [5.41, 5.74) is 14.8. The second-order valence-corrected chi connectivity index (χ2v) is 16.3. The number of ether oxygens (including phenoxy) is 1. The van der Waals surface area contributed by atoms with Crippen LogP contribution in [0.4, 0.5) is 0 Å². The smallest absolute Gasteiger partial charge is 0.164 e. The molecule has 5 heteroatoms. The molecule has 63 heavy (non-hydrogen) atoms. The maximum atomic E-state index is 7.23. The van der Waals surface area contributed by atoms with E-state index in [1.165, 1.54) is 22.3 Å². The first-order chi connectivity index (χ1) is 31.2. The number of aromatic nitrogens is 4. The van der Waals surface area contributed by atoms with E-state index < -0.39 is 5.41 Å². The van der Waals surface area contributed by atoms with E-state index in [0.29, 0.717) is 17.5 Å². The van der Waals surface area contributed by atoms with Crippen molar-refractivity contribution in [1.29, 1.82) is 0 Å². The highest BCUT2D eigenvalue weighted by atomic mass is 16.5. The third kappa shape index (κ3) is 5.27. The van der Waals surface area contributed by atoms with E-state index in [4.69, 9.17) is 19.7 Å². The Morgan fingerprint density at radius 1 is 0.365 bits per heavy atom. The average Bonchev–Trinajstić information content (AvgIpc) is 3.86. The van der Waals surface area contributed by atoms with Gasteiger partial charge >= 0.3 is 0 Å². The molecule has 5 nitrogen and oxygen atoms in total. The number of benzene rings is 9. The summed E-state index contributed by atoms with van der Waals surface area (Å²) in [6.45, 7) is 0. The van der Waals surface area contributed by atoms with Crippen LogP contribution in [-0.2, 0) is 5.41 Å². The molecule has 1 aliphatic carbocycles. The number of para-hydroxylation sites is 2. The van der Waals surface area contributed by atoms with E-state index in [-0.39, 0.29) is 0 Å². The lowest BCUT2D eigenvalue weighted by molar-refractivity contribution is 0.440. The molecule has 0 saturated heterocycles. The highest BCUT2D eigenvalue weighted by Gasteiger charge is 2.51. The molecular formula is C58H36N4O. The molecule has 9 aromatic carbocycles. The molecule has 1 spiro atoms. The van der Waals surface area contributed by atoms with Crippen molar-refractivity contribution in [1.82, 2.24) is 19.5 Å². The van der Waals surface area contributed by atoms with Crippen LogP contribution in [0.15, 0.2) is 218 Å². The predicted molar refractivity (Wildman–Crippen MR) is 253 cm³/mol. The second kappa shape index (κ2) is 13.8. The van der Waals surface area contributed by atoms with Crippen LogP contribution in [0.2, 0.25) is 0 Å². The van der Waals surface area contributed by atoms with Crippen LogP contribution in [0.3, 0.4) is 0 Å². The first kappa shape index (κ1) is 35.4. The van der Waals surface area contributed by atoms with Gasteiger partial charge in [0.25, 0.3) is 0 Å². The highest BCUT2D eigenvalue weighted by molar-refractivity contribution is 6.12. The molecule has 0 N–H and O–H groups in total. The number of rotatable bonds is 5. The maximum absolute atomic E-state index is 7.23. The van der Waals surface area contributed by atoms with Gasteiger partial charge in [-0.25, -0.2) is 15.0 Å². The zero-order valence-electron chi connectivity index (χ0n) is 34.0. The van der Waals surface area contributed by atoms with Gasteiger partial charge in [-0.15, -0.1) is 0 Å². The summed E-state index contributed by atoms with van der Waals surface area (Å²) in [7, 11) is 0. The minimum Gasteiger partial charge on any atom is -0.454 e. The maximum Gasteiger partial charge on any atom is 0.164 e. The molecule has 0 fully saturated rings. The van der Waals surface area contributed by atoms with E-state index in [0.717, 1.165) is 77.9 Å². The molecule has 13 rings (SSSR count). The quantitative estimate of drug-likeness (QED) is 0.174. The van der Waals surface area contributed by atoms with Gasteiger partial charge in [0.2, 0.25) is 0 Å². The molecule has 294 valence electrons. The number of hydrogen-bond acceptors (Lipinski definition) is 4. The van der Waals surface area contributed by atoms with Crippen LogP contribution in [0.1, 0.15) is 22.3 Å². The molecule has 0 amide bonds. The summed E-state index contributed by atoms with van der Waals surface area (Å²) in [4.78, 5) is 15.4. The molecule has 2 aliphatic rings. The van der Waals surface area contributed by atoms with Crippen molar-refractivity contribution in [2.75, 3.05) is 0 Å². The molecule has 11 aromatic rings. The molecule has 0 atom stereocenters. The van der Waals surface area contributed by atoms with Crippen molar-refractivity contribution in [3.8, 4) is 73.6 Å². The summed E-state index contributed by atoms with van der Waals surface area (Å²) in [5.74, 6) is 3.54. The van der Waals surface area contributed by atoms with Crippen LogP contribution in [-0.4, -0.2) is 19.5 Å². The summed E-state index contributed by atoms with van der Waals surface area (Å²) in [6, 6.07) is 77.1. The van der Waals surface area contributed by atoms with Gasteiger partial charge in [-0.3, -0.25) is 0 Å². The minimum absolute atomic E-state index is 0.580. The van der Waals surface area contributed by atoms with Crippen LogP contribution in [0.5, 0.6) is 11.5 Å². The molecule has 3 heterocycles. The fraction of sp³-hybridized carbons (Fsp3) is 0.0172. The van der Waals surface area contributed by atoms with Gasteiger partial charge in [-0.05, 0) is 57.6 Å². The number of nitrogens with zero attached hydrogens (tertiary/aromatic N) is 4. The Morgan fingerprint density at radius 2 is 0.889 bits per heavy atom. The first-order valence-corrected chi connectivity index (χ1v) is 21.4. The number of fused-ring (bicyclic) bond motifs is 13. The Labute approximate surface area is 364 Å². The Morgan fingerprint density at radius 3 is 1.60 bits per heavy atom. The van der Waals surface area contributed by atoms with E-state index in [2.05, 4.69) is 187 Å². The minimum atomic E-state index is -0.580. The average molecular weight is 805 g/mol. The van der Waals surface area contributed by atoms with Crippen molar-refractivity contribution in [3.63, 3.8) is 0 Å². The lowest BCUT2D eigenvalue weighted by Gasteiger charge is -2.39. The summed E-state index contributed by atoms with van der Waals surface area (Å²) in [5, 5.41) is 2.27. The van der Waals surface area contributed by atoms with Crippen LogP contribution >= 0.6 is 0 Å². The lowest BCUT2D eigenvalue weighted by Crippen LogP contribution is -2.32. The lowest BCUT2D eigenvalue weighted by atomic mass is 9.66. The first-order valence-electron chi connectivity index (χ1n) is 21.4. The third-order valence-corrected chi connectivity index (χ3v) is 12.9. The van der Waals surface area contributed by atoms with Gasteiger partial charge in [0, 0.05) is 44.3 Å². The standard InChI is InChI=1S/C58H36N4O/c1-3-16-37(17-4-1)38-30-32-40(33-31-38)56-59-55(39-18-5-2-6-19-39)60-57(61-56)41-20-15-21-42(36-41)62-51-28-13-9-24-45(51)46-34-35-50-54(53(46)62)63-52-29-14-12-27-49(52)58(50)47-25-10-7-22-43(47)44-23-8-11-26-48(44)58/h1-36H. The highest BCUT2D eigenvalue weighted by Crippen LogP contribution is 2.63. The van der Waals surface area contributed by atoms with Crippen molar-refractivity contribution < 1.29 is 4.74 Å². The van der Waals surface area contributed by atoms with E-state index in [1.54, 1.807) is 0 Å². The molecule has 1 aliphatic heterocycles. The second-order valence-electron chi connectivity index (χ2n) is 16.3. The zero-order chi connectivity index (χ0) is 41.5. The predicted octanol–water partition coefficient (Wildman–Crippen LogP) is 14.1. The van der Waals surface area contributed by atoms with Crippen molar-refractivity contribution >= 4 is 21.8 Å². The largest absolute Gasteiger partial charge is 0.454 e. The Kier molecular flexibility index (Phi) is 7.75. The van der Waals surface area contributed by atoms with Gasteiger partial charge in [-0.2, -0.15) is 0 Å². The number of hydrogen-bond donors (Lipinski definition) is 0. The molecule has 2 aromatic heterocycles. The Bertz CT molecular complexity index is 3550. The van der Waals surface area contributed by atoms with E-state index >= 15 is 0 Å². The molecule has 0 saturated carbocycles. The Balaban J connectivity index is 1.03. The SMILES string of the molecule is c1ccc(-c2ccc(-c3nc(-c4ccccc4)nc(-c4cccc(-n5c6ccccc6c6ccc7c(c65)Oc5ccccc5C75c6ccccc6-c6ccccc65)c4)n3)cc2)cc1. The normalized spacial score (nSPS) is 13.0. The van der Waals surface area contributed by atoms with Gasteiger partial charge in [0.15, 0.2) is 23.2 Å². The van der Waals surface area contributed by atoms with E-state index in [1.807, 2.05) is 36.4 Å². The van der Waals surface area contributed by atoms with Crippen LogP contribution in [0.25, 0.3) is 83.9 Å². The molecule has 0 radical (unpaired) electrons. The molecule has 0 bridgehead atoms. The Hall–Kier alpha value is -8.41. The van der Waals surface area contributed by atoms with Gasteiger partial charge in [-0.1, -0.05) is 194 Å². The van der Waals surface area contributed by atoms with Crippen molar-refractivity contribution in [2.24, 2.45) is 0 Å². The summed E-state index contributed by atoms with van der Waals surface area (Å²) >= 11 is 0. The zero-order valence-corrected chi connectivity index (χ0v) is 34.0. The molecule has 0 unspecified atom stereocenters.